The van der Waals surface area contributed by atoms with E-state index in [1.807, 2.05) is 6.92 Å². The van der Waals surface area contributed by atoms with Crippen molar-refractivity contribution in [2.24, 2.45) is 0 Å². The zero-order valence-corrected chi connectivity index (χ0v) is 20.1. The number of rotatable bonds is 4. The first kappa shape index (κ1) is 23.3. The zero-order chi connectivity index (χ0) is 25.1. The summed E-state index contributed by atoms with van der Waals surface area (Å²) in [6, 6.07) is 6.72. The van der Waals surface area contributed by atoms with Crippen LogP contribution in [0.2, 0.25) is 0 Å². The Kier molecular flexibility index (Phi) is 5.56. The van der Waals surface area contributed by atoms with Gasteiger partial charge in [-0.2, -0.15) is 0 Å². The zero-order valence-electron chi connectivity index (χ0n) is 19.4. The third-order valence-corrected chi connectivity index (χ3v) is 6.68. The molecule has 0 aliphatic carbocycles. The smallest absolute Gasteiger partial charge is 0.458 e. The quantitative estimate of drug-likeness (QED) is 0.257. The minimum Gasteiger partial charge on any atom is -0.458 e. The molecule has 0 fully saturated rings. The van der Waals surface area contributed by atoms with Crippen LogP contribution in [-0.2, 0) is 39.4 Å². The summed E-state index contributed by atoms with van der Waals surface area (Å²) in [4.78, 5) is 42.4. The van der Waals surface area contributed by atoms with Crippen LogP contribution < -0.4 is 10.3 Å². The van der Waals surface area contributed by atoms with E-state index in [1.165, 1.54) is 6.92 Å². The molecule has 1 N–H and O–H groups in total. The Morgan fingerprint density at radius 2 is 2.06 bits per heavy atom. The fourth-order valence-electron chi connectivity index (χ4n) is 4.86. The van der Waals surface area contributed by atoms with Crippen LogP contribution in [0.3, 0.4) is 0 Å². The predicted molar refractivity (Wildman–Crippen MR) is 126 cm³/mol. The van der Waals surface area contributed by atoms with Gasteiger partial charge in [0.1, 0.15) is 12.4 Å². The number of cyclic esters (lactones) is 1. The summed E-state index contributed by atoms with van der Waals surface area (Å²) < 4.78 is 16.8. The average Bonchev–Trinajstić information content (AvgIpc) is 3.18. The Morgan fingerprint density at radius 3 is 2.74 bits per heavy atom. The van der Waals surface area contributed by atoms with Crippen molar-refractivity contribution in [3.63, 3.8) is 0 Å². The second-order valence-electron chi connectivity index (χ2n) is 8.57. The van der Waals surface area contributed by atoms with Crippen molar-refractivity contribution in [1.82, 2.24) is 9.55 Å². The van der Waals surface area contributed by atoms with Crippen molar-refractivity contribution >= 4 is 34.6 Å². The number of aliphatic hydroxyl groups is 1. The van der Waals surface area contributed by atoms with E-state index in [9.17, 15) is 19.5 Å². The number of ether oxygens (including phenoxy) is 3. The van der Waals surface area contributed by atoms with E-state index in [0.717, 1.165) is 16.5 Å². The fraction of sp³-hybridized carbons (Fsp3) is 0.360. The number of carbonyl (C=O) groups excluding carboxylic acids is 2. The lowest BCUT2D eigenvalue weighted by Crippen LogP contribution is -2.44. The molecule has 1 unspecified atom stereocenters. The highest BCUT2D eigenvalue weighted by atomic mass is 35.5. The molecule has 5 rings (SSSR count). The number of halogens is 1. The summed E-state index contributed by atoms with van der Waals surface area (Å²) in [5.74, 6) is -0.478. The third kappa shape index (κ3) is 3.57. The van der Waals surface area contributed by atoms with Gasteiger partial charge in [0.2, 0.25) is 0 Å². The van der Waals surface area contributed by atoms with Crippen molar-refractivity contribution in [3.8, 4) is 17.1 Å². The van der Waals surface area contributed by atoms with Gasteiger partial charge in [0, 0.05) is 16.5 Å². The van der Waals surface area contributed by atoms with Gasteiger partial charge < -0.3 is 23.9 Å². The highest BCUT2D eigenvalue weighted by molar-refractivity contribution is 6.19. The van der Waals surface area contributed by atoms with Crippen molar-refractivity contribution < 1.29 is 28.9 Å². The Labute approximate surface area is 205 Å². The normalized spacial score (nSPS) is 18.9. The van der Waals surface area contributed by atoms with Crippen molar-refractivity contribution in [2.75, 3.05) is 0 Å². The molecule has 0 saturated heterocycles. The van der Waals surface area contributed by atoms with Crippen molar-refractivity contribution in [1.29, 1.82) is 0 Å². The fourth-order valence-corrected chi connectivity index (χ4v) is 4.93. The van der Waals surface area contributed by atoms with E-state index >= 15 is 0 Å². The topological polar surface area (TPSA) is 117 Å². The molecule has 2 aliphatic rings. The number of alkyl halides is 1. The molecule has 10 heteroatoms. The number of fused-ring (bicyclic) bond motifs is 5. The number of aromatic nitrogens is 2. The molecule has 2 atom stereocenters. The Morgan fingerprint density at radius 1 is 1.29 bits per heavy atom. The molecule has 35 heavy (non-hydrogen) atoms. The van der Waals surface area contributed by atoms with Crippen LogP contribution in [0.25, 0.3) is 22.3 Å². The van der Waals surface area contributed by atoms with Crippen molar-refractivity contribution in [2.45, 2.75) is 57.9 Å². The van der Waals surface area contributed by atoms with Crippen LogP contribution in [0.15, 0.2) is 29.1 Å². The summed E-state index contributed by atoms with van der Waals surface area (Å²) in [7, 11) is 0. The SMILES string of the molecule is CCc1c2c(nc3ccc(OC(=O)OC(C)Cl)cc13)-c1cc3c(c(=O)n1C2)COC(=O)[C@]3(O)CC. The van der Waals surface area contributed by atoms with Crippen molar-refractivity contribution in [3.05, 3.63) is 56.9 Å². The van der Waals surface area contributed by atoms with Gasteiger partial charge in [-0.15, -0.1) is 0 Å². The summed E-state index contributed by atoms with van der Waals surface area (Å²) in [6.07, 6.45) is -0.200. The molecule has 9 nitrogen and oxygen atoms in total. The van der Waals surface area contributed by atoms with E-state index < -0.39 is 23.3 Å². The minimum atomic E-state index is -1.88. The summed E-state index contributed by atoms with van der Waals surface area (Å²) in [5, 5.41) is 11.8. The molecule has 2 aliphatic heterocycles. The molecule has 0 spiro atoms. The first-order valence-electron chi connectivity index (χ1n) is 11.3. The Bertz CT molecular complexity index is 1460. The van der Waals surface area contributed by atoms with Gasteiger partial charge >= 0.3 is 12.1 Å². The van der Waals surface area contributed by atoms with E-state index in [1.54, 1.807) is 35.8 Å². The summed E-state index contributed by atoms with van der Waals surface area (Å²) in [6.45, 7) is 5.27. The van der Waals surface area contributed by atoms with Gasteiger partial charge in [-0.3, -0.25) is 4.79 Å². The van der Waals surface area contributed by atoms with Gasteiger partial charge in [-0.25, -0.2) is 14.6 Å². The largest absolute Gasteiger partial charge is 0.515 e. The standard InChI is InChI=1S/C25H23ClN2O7/c1-4-14-15-8-13(35-24(31)34-12(3)26)6-7-19(15)27-21-16(14)10-28-20(21)9-18-17(22(28)29)11-33-23(30)25(18,32)5-2/h6-9,12,32H,4-5,10-11H2,1-3H3/t12?,25-/m0/s1. The summed E-state index contributed by atoms with van der Waals surface area (Å²) >= 11 is 5.68. The van der Waals surface area contributed by atoms with Crippen LogP contribution >= 0.6 is 11.6 Å². The van der Waals surface area contributed by atoms with Crippen LogP contribution in [-0.4, -0.2) is 32.3 Å². The molecule has 0 amide bonds. The second-order valence-corrected chi connectivity index (χ2v) is 9.18. The lowest BCUT2D eigenvalue weighted by molar-refractivity contribution is -0.172. The Balaban J connectivity index is 1.66. The van der Waals surface area contributed by atoms with Crippen LogP contribution in [0.5, 0.6) is 5.75 Å². The molecule has 0 bridgehead atoms. The molecular formula is C25H23ClN2O7. The van der Waals surface area contributed by atoms with E-state index in [0.29, 0.717) is 23.3 Å². The van der Waals surface area contributed by atoms with E-state index in [4.69, 9.17) is 30.8 Å². The number of benzene rings is 1. The van der Waals surface area contributed by atoms with Gasteiger partial charge in [-0.1, -0.05) is 25.4 Å². The van der Waals surface area contributed by atoms with E-state index in [-0.39, 0.29) is 42.0 Å². The van der Waals surface area contributed by atoms with Gasteiger partial charge in [-0.05, 0) is 49.6 Å². The molecule has 1 aromatic carbocycles. The molecule has 0 radical (unpaired) electrons. The van der Waals surface area contributed by atoms with Crippen LogP contribution in [0.1, 0.15) is 49.4 Å². The number of hydrogen-bond donors (Lipinski definition) is 1. The molecule has 182 valence electrons. The predicted octanol–water partition coefficient (Wildman–Crippen LogP) is 3.74. The monoisotopic (exact) mass is 498 g/mol. The van der Waals surface area contributed by atoms with Gasteiger partial charge in [0.05, 0.1) is 29.0 Å². The van der Waals surface area contributed by atoms with Gasteiger partial charge in [0.25, 0.3) is 5.56 Å². The highest BCUT2D eigenvalue weighted by Crippen LogP contribution is 2.40. The molecule has 3 aromatic rings. The summed E-state index contributed by atoms with van der Waals surface area (Å²) in [5.41, 5.74) is 1.15. The third-order valence-electron chi connectivity index (χ3n) is 6.59. The number of pyridine rings is 2. The first-order valence-corrected chi connectivity index (χ1v) is 11.8. The molecule has 2 aromatic heterocycles. The molecule has 4 heterocycles. The molecule has 0 saturated carbocycles. The highest BCUT2D eigenvalue weighted by Gasteiger charge is 2.45. The van der Waals surface area contributed by atoms with Gasteiger partial charge in [0.15, 0.2) is 11.2 Å². The maximum absolute atomic E-state index is 13.4. The maximum atomic E-state index is 13.4. The second kappa shape index (κ2) is 8.35. The number of hydrogen-bond acceptors (Lipinski definition) is 8. The number of nitrogens with zero attached hydrogens (tertiary/aromatic N) is 2. The Hall–Kier alpha value is -3.43. The lowest BCUT2D eigenvalue weighted by atomic mass is 9.86. The lowest BCUT2D eigenvalue weighted by Gasteiger charge is -2.31. The minimum absolute atomic E-state index is 0.0770. The van der Waals surface area contributed by atoms with Crippen LogP contribution in [0.4, 0.5) is 4.79 Å². The first-order chi connectivity index (χ1) is 16.7. The number of esters is 1. The maximum Gasteiger partial charge on any atom is 0.515 e. The molecular weight excluding hydrogens is 476 g/mol. The van der Waals surface area contributed by atoms with Crippen LogP contribution in [0, 0.1) is 0 Å². The average molecular weight is 499 g/mol. The number of carbonyl (C=O) groups is 2. The number of aryl methyl sites for hydroxylation is 1. The van der Waals surface area contributed by atoms with E-state index in [2.05, 4.69) is 0 Å².